The Morgan fingerprint density at radius 1 is 1.43 bits per heavy atom. The second kappa shape index (κ2) is 7.04. The summed E-state index contributed by atoms with van der Waals surface area (Å²) in [6, 6.07) is -0.535. The van der Waals surface area contributed by atoms with E-state index in [-0.39, 0.29) is 11.9 Å². The van der Waals surface area contributed by atoms with Gasteiger partial charge in [0, 0.05) is 4.88 Å². The van der Waals surface area contributed by atoms with Crippen LogP contribution in [0.25, 0.3) is 0 Å². The number of esters is 1. The maximum absolute atomic E-state index is 12.1. The maximum atomic E-state index is 12.1. The van der Waals surface area contributed by atoms with Crippen LogP contribution >= 0.6 is 11.3 Å². The van der Waals surface area contributed by atoms with Gasteiger partial charge in [-0.2, -0.15) is 0 Å². The summed E-state index contributed by atoms with van der Waals surface area (Å²) < 4.78 is 4.85. The molecule has 1 aromatic rings. The summed E-state index contributed by atoms with van der Waals surface area (Å²) in [5, 5.41) is 3.40. The van der Waals surface area contributed by atoms with E-state index in [1.807, 2.05) is 0 Å². The number of rotatable bonds is 6. The summed E-state index contributed by atoms with van der Waals surface area (Å²) in [4.78, 5) is 25.3. The van der Waals surface area contributed by atoms with Crippen LogP contribution in [0.2, 0.25) is 0 Å². The normalized spacial score (nSPS) is 14.6. The highest BCUT2D eigenvalue weighted by molar-refractivity contribution is 7.17. The summed E-state index contributed by atoms with van der Waals surface area (Å²) in [6.45, 7) is 2.06. The van der Waals surface area contributed by atoms with Gasteiger partial charge in [0.15, 0.2) is 0 Å². The van der Waals surface area contributed by atoms with Crippen LogP contribution in [-0.4, -0.2) is 25.0 Å². The number of fused-ring (bicyclic) bond motifs is 1. The Bertz CT molecular complexity index is 539. The number of ether oxygens (including phenoxy) is 1. The lowest BCUT2D eigenvalue weighted by atomic mass is 10.1. The van der Waals surface area contributed by atoms with Crippen molar-refractivity contribution < 1.29 is 14.3 Å². The molecule has 3 N–H and O–H groups in total. The Morgan fingerprint density at radius 2 is 2.19 bits per heavy atom. The molecule has 21 heavy (non-hydrogen) atoms. The first-order chi connectivity index (χ1) is 10.1. The summed E-state index contributed by atoms with van der Waals surface area (Å²) in [6.07, 6.45) is 5.45. The molecular formula is C15H22N2O3S. The third-order valence-electron chi connectivity index (χ3n) is 3.75. The van der Waals surface area contributed by atoms with Gasteiger partial charge in [0.1, 0.15) is 5.00 Å². The number of thiophene rings is 1. The molecule has 0 spiro atoms. The molecule has 1 aliphatic carbocycles. The highest BCUT2D eigenvalue weighted by atomic mass is 32.1. The highest BCUT2D eigenvalue weighted by Gasteiger charge is 2.28. The molecule has 0 aliphatic heterocycles. The lowest BCUT2D eigenvalue weighted by Gasteiger charge is -2.12. The molecule has 0 fully saturated rings. The predicted octanol–water partition coefficient (Wildman–Crippen LogP) is 2.48. The molecule has 2 rings (SSSR count). The van der Waals surface area contributed by atoms with Crippen LogP contribution in [0.3, 0.4) is 0 Å². The molecule has 0 aromatic carbocycles. The van der Waals surface area contributed by atoms with Crippen LogP contribution in [-0.2, 0) is 22.4 Å². The molecule has 0 bridgehead atoms. The van der Waals surface area contributed by atoms with Crippen LogP contribution in [0.5, 0.6) is 0 Å². The van der Waals surface area contributed by atoms with Gasteiger partial charge in [0.25, 0.3) is 0 Å². The van der Waals surface area contributed by atoms with Crippen molar-refractivity contribution >= 4 is 28.2 Å². The monoisotopic (exact) mass is 310 g/mol. The third-order valence-corrected chi connectivity index (χ3v) is 4.96. The molecule has 5 nitrogen and oxygen atoms in total. The zero-order chi connectivity index (χ0) is 15.4. The van der Waals surface area contributed by atoms with Crippen LogP contribution < -0.4 is 11.1 Å². The lowest BCUT2D eigenvalue weighted by molar-refractivity contribution is -0.117. The van der Waals surface area contributed by atoms with Gasteiger partial charge in [0.05, 0.1) is 18.7 Å². The van der Waals surface area contributed by atoms with E-state index in [0.29, 0.717) is 17.0 Å². The fraction of sp³-hybridized carbons (Fsp3) is 0.600. The second-order valence-electron chi connectivity index (χ2n) is 5.29. The number of amides is 1. The number of nitrogens with two attached hydrogens (primary N) is 1. The van der Waals surface area contributed by atoms with Gasteiger partial charge in [-0.25, -0.2) is 4.79 Å². The molecule has 0 saturated heterocycles. The van der Waals surface area contributed by atoms with Crippen molar-refractivity contribution in [3.63, 3.8) is 0 Å². The predicted molar refractivity (Wildman–Crippen MR) is 83.8 cm³/mol. The average Bonchev–Trinajstić information content (AvgIpc) is 3.04. The van der Waals surface area contributed by atoms with Gasteiger partial charge in [-0.1, -0.05) is 19.8 Å². The quantitative estimate of drug-likeness (QED) is 0.791. The van der Waals surface area contributed by atoms with E-state index in [1.54, 1.807) is 0 Å². The van der Waals surface area contributed by atoms with E-state index in [1.165, 1.54) is 23.3 Å². The molecule has 6 heteroatoms. The third kappa shape index (κ3) is 3.44. The van der Waals surface area contributed by atoms with Gasteiger partial charge in [-0.15, -0.1) is 11.3 Å². The largest absolute Gasteiger partial charge is 0.465 e. The number of hydrogen-bond donors (Lipinski definition) is 2. The van der Waals surface area contributed by atoms with Gasteiger partial charge in [0.2, 0.25) is 5.91 Å². The minimum atomic E-state index is -0.535. The van der Waals surface area contributed by atoms with Crippen molar-refractivity contribution in [2.24, 2.45) is 5.73 Å². The summed E-state index contributed by atoms with van der Waals surface area (Å²) in [5.41, 5.74) is 7.43. The average molecular weight is 310 g/mol. The summed E-state index contributed by atoms with van der Waals surface area (Å²) >= 11 is 1.47. The molecule has 1 amide bonds. The minimum absolute atomic E-state index is 0.228. The molecule has 1 aromatic heterocycles. The van der Waals surface area contributed by atoms with Crippen molar-refractivity contribution in [2.75, 3.05) is 12.4 Å². The maximum Gasteiger partial charge on any atom is 0.341 e. The Labute approximate surface area is 128 Å². The fourth-order valence-corrected chi connectivity index (χ4v) is 3.85. The van der Waals surface area contributed by atoms with Crippen LogP contribution in [0.1, 0.15) is 53.4 Å². The SMILES string of the molecule is CCCC[C@H](N)C(=O)Nc1sc2c(c1C(=O)OC)CCC2. The van der Waals surface area contributed by atoms with E-state index in [9.17, 15) is 9.59 Å². The van der Waals surface area contributed by atoms with E-state index in [0.717, 1.165) is 37.7 Å². The molecule has 116 valence electrons. The van der Waals surface area contributed by atoms with Crippen LogP contribution in [0, 0.1) is 0 Å². The number of carbonyl (C=O) groups excluding carboxylic acids is 2. The molecule has 1 heterocycles. The second-order valence-corrected chi connectivity index (χ2v) is 6.40. The Balaban J connectivity index is 2.16. The molecule has 0 saturated carbocycles. The number of methoxy groups -OCH3 is 1. The zero-order valence-electron chi connectivity index (χ0n) is 12.5. The summed E-state index contributed by atoms with van der Waals surface area (Å²) in [7, 11) is 1.36. The van der Waals surface area contributed by atoms with Crippen molar-refractivity contribution in [3.8, 4) is 0 Å². The minimum Gasteiger partial charge on any atom is -0.465 e. The van der Waals surface area contributed by atoms with Crippen molar-refractivity contribution in [2.45, 2.75) is 51.5 Å². The van der Waals surface area contributed by atoms with Gasteiger partial charge < -0.3 is 15.8 Å². The van der Waals surface area contributed by atoms with Crippen molar-refractivity contribution in [3.05, 3.63) is 16.0 Å². The number of aryl methyl sites for hydroxylation is 1. The molecular weight excluding hydrogens is 288 g/mol. The highest BCUT2D eigenvalue weighted by Crippen LogP contribution is 2.39. The molecule has 0 unspecified atom stereocenters. The first kappa shape index (κ1) is 16.0. The van der Waals surface area contributed by atoms with E-state index >= 15 is 0 Å². The van der Waals surface area contributed by atoms with Gasteiger partial charge in [-0.3, -0.25) is 4.79 Å². The number of carbonyl (C=O) groups is 2. The first-order valence-electron chi connectivity index (χ1n) is 7.37. The Kier molecular flexibility index (Phi) is 5.36. The number of nitrogens with one attached hydrogen (secondary N) is 1. The van der Waals surface area contributed by atoms with Crippen molar-refractivity contribution in [1.29, 1.82) is 0 Å². The number of anilines is 1. The van der Waals surface area contributed by atoms with Crippen molar-refractivity contribution in [1.82, 2.24) is 0 Å². The lowest BCUT2D eigenvalue weighted by Crippen LogP contribution is -2.35. The van der Waals surface area contributed by atoms with E-state index in [2.05, 4.69) is 12.2 Å². The first-order valence-corrected chi connectivity index (χ1v) is 8.19. The van der Waals surface area contributed by atoms with Gasteiger partial charge in [-0.05, 0) is 31.2 Å². The number of unbranched alkanes of at least 4 members (excludes halogenated alkanes) is 1. The fourth-order valence-electron chi connectivity index (χ4n) is 2.57. The topological polar surface area (TPSA) is 81.4 Å². The zero-order valence-corrected chi connectivity index (χ0v) is 13.3. The summed E-state index contributed by atoms with van der Waals surface area (Å²) in [5.74, 6) is -0.611. The molecule has 1 aliphatic rings. The van der Waals surface area contributed by atoms with Gasteiger partial charge >= 0.3 is 5.97 Å². The van der Waals surface area contributed by atoms with Crippen LogP contribution in [0.4, 0.5) is 5.00 Å². The number of hydrogen-bond acceptors (Lipinski definition) is 5. The molecule has 1 atom stereocenters. The standard InChI is InChI=1S/C15H22N2O3S/c1-3-4-7-10(16)13(18)17-14-12(15(19)20-2)9-6-5-8-11(9)21-14/h10H,3-8,16H2,1-2H3,(H,17,18)/t10-/m0/s1. The smallest absolute Gasteiger partial charge is 0.341 e. The van der Waals surface area contributed by atoms with Crippen LogP contribution in [0.15, 0.2) is 0 Å². The molecule has 0 radical (unpaired) electrons. The Morgan fingerprint density at radius 3 is 2.86 bits per heavy atom. The van der Waals surface area contributed by atoms with E-state index in [4.69, 9.17) is 10.5 Å². The van der Waals surface area contributed by atoms with E-state index < -0.39 is 6.04 Å². The Hall–Kier alpha value is -1.40.